The number of carbonyl (C=O) groups excluding carboxylic acids is 1. The average molecular weight is 433 g/mol. The molecule has 29 heavy (non-hydrogen) atoms. The monoisotopic (exact) mass is 432 g/mol. The molecule has 154 valence electrons. The summed E-state index contributed by atoms with van der Waals surface area (Å²) in [6.07, 6.45) is 4.32. The highest BCUT2D eigenvalue weighted by atomic mass is 32.2. The minimum atomic E-state index is -3.68. The summed E-state index contributed by atoms with van der Waals surface area (Å²) in [6, 6.07) is 6.43. The van der Waals surface area contributed by atoms with Crippen LogP contribution in [0.5, 0.6) is 0 Å². The number of unbranched alkanes of at least 4 members (excludes halogenated alkanes) is 1. The van der Waals surface area contributed by atoms with E-state index in [-0.39, 0.29) is 16.8 Å². The first kappa shape index (κ1) is 20.0. The molecule has 1 N–H and O–H groups in total. The Kier molecular flexibility index (Phi) is 5.69. The van der Waals surface area contributed by atoms with E-state index in [0.29, 0.717) is 30.9 Å². The molecule has 0 aliphatic carbocycles. The predicted octanol–water partition coefficient (Wildman–Crippen LogP) is 2.50. The third-order valence-corrected chi connectivity index (χ3v) is 7.57. The number of aromatic nitrogens is 1. The molecular weight excluding hydrogens is 408 g/mol. The lowest BCUT2D eigenvalue weighted by Gasteiger charge is -2.25. The number of amidine groups is 1. The molecule has 0 spiro atoms. The summed E-state index contributed by atoms with van der Waals surface area (Å²) < 4.78 is 28.7. The number of aryl methyl sites for hydroxylation is 2. The van der Waals surface area contributed by atoms with Crippen molar-refractivity contribution < 1.29 is 13.2 Å². The molecule has 2 aromatic rings. The van der Waals surface area contributed by atoms with E-state index < -0.39 is 10.0 Å². The summed E-state index contributed by atoms with van der Waals surface area (Å²) in [6.45, 7) is 3.23. The summed E-state index contributed by atoms with van der Waals surface area (Å²) >= 11 is 1.68. The highest BCUT2D eigenvalue weighted by molar-refractivity contribution is 7.90. The average Bonchev–Trinajstić information content (AvgIpc) is 3.40. The van der Waals surface area contributed by atoms with Gasteiger partial charge in [0.2, 0.25) is 5.91 Å². The van der Waals surface area contributed by atoms with Crippen molar-refractivity contribution in [2.24, 2.45) is 4.40 Å². The number of carbonyl (C=O) groups is 1. The Bertz CT molecular complexity index is 1050. The van der Waals surface area contributed by atoms with Crippen molar-refractivity contribution in [3.8, 4) is 0 Å². The summed E-state index contributed by atoms with van der Waals surface area (Å²) in [5.41, 5.74) is 1.64. The van der Waals surface area contributed by atoms with E-state index in [0.717, 1.165) is 36.4 Å². The van der Waals surface area contributed by atoms with Gasteiger partial charge in [0.25, 0.3) is 10.0 Å². The van der Waals surface area contributed by atoms with Crippen molar-refractivity contribution in [2.75, 3.05) is 13.1 Å². The van der Waals surface area contributed by atoms with Crippen LogP contribution in [0.3, 0.4) is 0 Å². The Labute approximate surface area is 174 Å². The predicted molar refractivity (Wildman–Crippen MR) is 113 cm³/mol. The molecule has 2 aliphatic rings. The summed E-state index contributed by atoms with van der Waals surface area (Å²) in [4.78, 5) is 19.3. The van der Waals surface area contributed by atoms with Gasteiger partial charge in [0.15, 0.2) is 5.84 Å². The maximum atomic E-state index is 12.8. The molecule has 3 heterocycles. The fourth-order valence-corrected chi connectivity index (χ4v) is 5.87. The lowest BCUT2D eigenvalue weighted by molar-refractivity contribution is -0.124. The van der Waals surface area contributed by atoms with Crippen LogP contribution < -0.4 is 5.32 Å². The molecule has 0 unspecified atom stereocenters. The van der Waals surface area contributed by atoms with E-state index in [9.17, 15) is 13.2 Å². The number of hydrogen-bond acceptors (Lipinski definition) is 6. The van der Waals surface area contributed by atoms with Gasteiger partial charge in [-0.3, -0.25) is 4.79 Å². The number of sulfonamides is 1. The number of benzene rings is 1. The van der Waals surface area contributed by atoms with Gasteiger partial charge in [-0.1, -0.05) is 12.1 Å². The topological polar surface area (TPSA) is 91.7 Å². The number of fused-ring (bicyclic) bond motifs is 1. The Morgan fingerprint density at radius 2 is 2.14 bits per heavy atom. The number of hydrogen-bond donors (Lipinski definition) is 1. The SMILES string of the molecule is Cc1csc(CCCCNC(=O)[C@@H]2CCCN2C2=NS(=O)(=O)c3ccccc32)n1. The number of amides is 1. The first-order valence-electron chi connectivity index (χ1n) is 9.85. The van der Waals surface area contributed by atoms with Gasteiger partial charge in [0.05, 0.1) is 5.01 Å². The Hall–Kier alpha value is -2.26. The quantitative estimate of drug-likeness (QED) is 0.708. The molecule has 0 saturated carbocycles. The molecule has 1 aromatic carbocycles. The van der Waals surface area contributed by atoms with Crippen LogP contribution in [0.1, 0.15) is 41.9 Å². The van der Waals surface area contributed by atoms with E-state index in [4.69, 9.17) is 0 Å². The molecule has 0 bridgehead atoms. The molecule has 9 heteroatoms. The fraction of sp³-hybridized carbons (Fsp3) is 0.450. The minimum absolute atomic E-state index is 0.0583. The van der Waals surface area contributed by atoms with Crippen molar-refractivity contribution in [1.82, 2.24) is 15.2 Å². The van der Waals surface area contributed by atoms with Crippen LogP contribution in [0.15, 0.2) is 38.9 Å². The van der Waals surface area contributed by atoms with Crippen molar-refractivity contribution in [3.05, 3.63) is 45.9 Å². The molecule has 1 aromatic heterocycles. The van der Waals surface area contributed by atoms with Crippen LogP contribution in [0.2, 0.25) is 0 Å². The van der Waals surface area contributed by atoms with E-state index >= 15 is 0 Å². The first-order valence-corrected chi connectivity index (χ1v) is 12.2. The number of likely N-dealkylation sites (tertiary alicyclic amines) is 1. The molecule has 2 aliphatic heterocycles. The van der Waals surface area contributed by atoms with Crippen molar-refractivity contribution in [2.45, 2.75) is 50.0 Å². The van der Waals surface area contributed by atoms with Crippen LogP contribution in [-0.4, -0.2) is 49.2 Å². The first-order chi connectivity index (χ1) is 14.0. The molecule has 4 rings (SSSR count). The second kappa shape index (κ2) is 8.23. The second-order valence-electron chi connectivity index (χ2n) is 7.37. The van der Waals surface area contributed by atoms with Gasteiger partial charge < -0.3 is 10.2 Å². The second-order valence-corrected chi connectivity index (χ2v) is 9.88. The van der Waals surface area contributed by atoms with E-state index in [1.165, 1.54) is 0 Å². The highest BCUT2D eigenvalue weighted by Gasteiger charge is 2.38. The maximum Gasteiger partial charge on any atom is 0.285 e. The number of nitrogens with zero attached hydrogens (tertiary/aromatic N) is 3. The molecule has 1 saturated heterocycles. The summed E-state index contributed by atoms with van der Waals surface area (Å²) in [5.74, 6) is 0.342. The molecular formula is C20H24N4O3S2. The highest BCUT2D eigenvalue weighted by Crippen LogP contribution is 2.31. The maximum absolute atomic E-state index is 12.8. The van der Waals surface area contributed by atoms with Gasteiger partial charge in [-0.25, -0.2) is 4.98 Å². The standard InChI is InChI=1S/C20H24N4O3S2/c1-14-13-28-18(22-14)10-4-5-11-21-20(25)16-8-6-12-24(16)19-15-7-2-3-9-17(15)29(26,27)23-19/h2-3,7,9,13,16H,4-6,8,10-12H2,1H3,(H,21,25)/t16-/m0/s1. The Balaban J connectivity index is 1.34. The van der Waals surface area contributed by atoms with Gasteiger partial charge in [0.1, 0.15) is 10.9 Å². The van der Waals surface area contributed by atoms with Crippen molar-refractivity contribution in [3.63, 3.8) is 0 Å². The molecule has 7 nitrogen and oxygen atoms in total. The van der Waals surface area contributed by atoms with Crippen molar-refractivity contribution in [1.29, 1.82) is 0 Å². The van der Waals surface area contributed by atoms with Crippen LogP contribution >= 0.6 is 11.3 Å². The lowest BCUT2D eigenvalue weighted by atomic mass is 10.1. The normalized spacial score (nSPS) is 19.8. The summed E-state index contributed by atoms with van der Waals surface area (Å²) in [5, 5.41) is 6.20. The third-order valence-electron chi connectivity index (χ3n) is 5.22. The number of nitrogens with one attached hydrogen (secondary N) is 1. The zero-order valence-corrected chi connectivity index (χ0v) is 17.9. The summed E-state index contributed by atoms with van der Waals surface area (Å²) in [7, 11) is -3.68. The van der Waals surface area contributed by atoms with E-state index in [2.05, 4.69) is 20.1 Å². The Morgan fingerprint density at radius 1 is 1.31 bits per heavy atom. The molecule has 1 atom stereocenters. The fourth-order valence-electron chi connectivity index (χ4n) is 3.84. The molecule has 1 fully saturated rings. The zero-order valence-electron chi connectivity index (χ0n) is 16.3. The largest absolute Gasteiger partial charge is 0.354 e. The molecule has 0 radical (unpaired) electrons. The van der Waals surface area contributed by atoms with Crippen molar-refractivity contribution >= 4 is 33.1 Å². The number of thiazole rings is 1. The van der Waals surface area contributed by atoms with Gasteiger partial charge in [-0.05, 0) is 51.2 Å². The van der Waals surface area contributed by atoms with Gasteiger partial charge >= 0.3 is 0 Å². The lowest BCUT2D eigenvalue weighted by Crippen LogP contribution is -2.46. The third kappa shape index (κ3) is 4.20. The van der Waals surface area contributed by atoms with E-state index in [1.807, 2.05) is 11.8 Å². The van der Waals surface area contributed by atoms with Crippen LogP contribution in [-0.2, 0) is 21.2 Å². The Morgan fingerprint density at radius 3 is 2.93 bits per heavy atom. The minimum Gasteiger partial charge on any atom is -0.354 e. The number of rotatable bonds is 6. The van der Waals surface area contributed by atoms with Gasteiger partial charge in [-0.2, -0.15) is 8.42 Å². The smallest absolute Gasteiger partial charge is 0.285 e. The van der Waals surface area contributed by atoms with Crippen LogP contribution in [0.4, 0.5) is 0 Å². The van der Waals surface area contributed by atoms with Crippen LogP contribution in [0.25, 0.3) is 0 Å². The van der Waals surface area contributed by atoms with Crippen LogP contribution in [0, 0.1) is 6.92 Å². The zero-order chi connectivity index (χ0) is 20.4. The van der Waals surface area contributed by atoms with Gasteiger partial charge in [0, 0.05) is 29.7 Å². The molecule has 1 amide bonds. The van der Waals surface area contributed by atoms with Gasteiger partial charge in [-0.15, -0.1) is 15.7 Å². The van der Waals surface area contributed by atoms with E-state index in [1.54, 1.807) is 35.6 Å².